The van der Waals surface area contributed by atoms with E-state index in [0.29, 0.717) is 5.69 Å². The average molecular weight is 688 g/mol. The molecule has 9 rings (SSSR count). The number of benzene rings is 6. The lowest BCUT2D eigenvalue weighted by Crippen LogP contribution is -2.25. The van der Waals surface area contributed by atoms with Gasteiger partial charge in [0.15, 0.2) is 0 Å². The Morgan fingerprint density at radius 3 is 1.62 bits per heavy atom. The van der Waals surface area contributed by atoms with Gasteiger partial charge in [-0.3, -0.25) is 8.42 Å². The summed E-state index contributed by atoms with van der Waals surface area (Å²) in [5, 5.41) is 0. The van der Waals surface area contributed by atoms with E-state index in [2.05, 4.69) is 39.8 Å². The number of rotatable bonds is 2. The van der Waals surface area contributed by atoms with E-state index in [1.807, 2.05) is 91.0 Å². The largest absolute Gasteiger partial charge is 0.323 e. The second kappa shape index (κ2) is 10.1. The van der Waals surface area contributed by atoms with E-state index in [4.69, 9.17) is 4.36 Å². The maximum atomic E-state index is 14.1. The van der Waals surface area contributed by atoms with Gasteiger partial charge in [-0.25, -0.2) is 4.21 Å². The van der Waals surface area contributed by atoms with Gasteiger partial charge in [-0.2, -0.15) is 4.36 Å². The number of anilines is 2. The topological polar surface area (TPSA) is 87.6 Å². The normalized spacial score (nSPS) is 20.0. The molecule has 6 aromatic carbocycles. The molecule has 0 amide bonds. The maximum absolute atomic E-state index is 14.1. The van der Waals surface area contributed by atoms with E-state index in [1.165, 1.54) is 0 Å². The van der Waals surface area contributed by atoms with Gasteiger partial charge in [0.05, 0.1) is 31.7 Å². The van der Waals surface area contributed by atoms with Gasteiger partial charge >= 0.3 is 0 Å². The molecule has 0 radical (unpaired) electrons. The Balaban J connectivity index is 1.30. The Morgan fingerprint density at radius 2 is 1.00 bits per heavy atom. The van der Waals surface area contributed by atoms with E-state index in [1.54, 1.807) is 18.8 Å². The van der Waals surface area contributed by atoms with Crippen LogP contribution >= 0.6 is 0 Å². The zero-order chi connectivity index (χ0) is 33.0. The Kier molecular flexibility index (Phi) is 6.16. The second-order valence-electron chi connectivity index (χ2n) is 12.9. The van der Waals surface area contributed by atoms with Crippen LogP contribution in [0.15, 0.2) is 140 Å². The third-order valence-corrected chi connectivity index (χ3v) is 15.3. The molecule has 0 saturated carbocycles. The first-order valence-electron chi connectivity index (χ1n) is 15.7. The molecule has 9 heteroatoms. The summed E-state index contributed by atoms with van der Waals surface area (Å²) < 4.78 is 52.8. The van der Waals surface area contributed by atoms with Crippen molar-refractivity contribution in [3.8, 4) is 55.6 Å². The molecule has 3 aliphatic rings. The summed E-state index contributed by atoms with van der Waals surface area (Å²) in [6.07, 6.45) is 5.25. The van der Waals surface area contributed by atoms with Gasteiger partial charge in [0.1, 0.15) is 0 Å². The van der Waals surface area contributed by atoms with Crippen LogP contribution in [0.1, 0.15) is 0 Å². The molecule has 3 aliphatic heterocycles. The highest BCUT2D eigenvalue weighted by Gasteiger charge is 2.29. The molecule has 1 unspecified atom stereocenters. The maximum Gasteiger partial charge on any atom is 0.0891 e. The molecular formula is C39H33N3O3S3. The van der Waals surface area contributed by atoms with Crippen molar-refractivity contribution >= 4 is 47.0 Å². The first kappa shape index (κ1) is 29.3. The predicted octanol–water partition coefficient (Wildman–Crippen LogP) is 8.82. The molecule has 2 N–H and O–H groups in total. The van der Waals surface area contributed by atoms with Crippen LogP contribution in [0.2, 0.25) is 0 Å². The summed E-state index contributed by atoms with van der Waals surface area (Å²) in [7, 11) is -8.26. The lowest BCUT2D eigenvalue weighted by atomic mass is 9.89. The number of hydrogen-bond donors (Lipinski definition) is 4. The summed E-state index contributed by atoms with van der Waals surface area (Å²) >= 11 is 0. The molecule has 0 fully saturated rings. The van der Waals surface area contributed by atoms with Crippen molar-refractivity contribution in [2.24, 2.45) is 4.36 Å². The summed E-state index contributed by atoms with van der Waals surface area (Å²) in [6.45, 7) is 0. The first-order valence-corrected chi connectivity index (χ1v) is 21.9. The van der Waals surface area contributed by atoms with Crippen molar-refractivity contribution in [2.75, 3.05) is 28.2 Å². The second-order valence-corrected chi connectivity index (χ2v) is 20.3. The average Bonchev–Trinajstić information content (AvgIpc) is 3.08. The summed E-state index contributed by atoms with van der Waals surface area (Å²) in [5.41, 5.74) is 11.8. The third kappa shape index (κ3) is 4.38. The van der Waals surface area contributed by atoms with Gasteiger partial charge in [0.2, 0.25) is 0 Å². The van der Waals surface area contributed by atoms with Crippen molar-refractivity contribution in [2.45, 2.75) is 14.7 Å². The smallest absolute Gasteiger partial charge is 0.0891 e. The fraction of sp³-hybridized carbons (Fsp3) is 0.0769. The van der Waals surface area contributed by atoms with Gasteiger partial charge in [-0.15, -0.1) is 0 Å². The fourth-order valence-corrected chi connectivity index (χ4v) is 12.5. The molecular weight excluding hydrogens is 655 g/mol. The van der Waals surface area contributed by atoms with Crippen LogP contribution in [0.25, 0.3) is 55.6 Å². The quantitative estimate of drug-likeness (QED) is 0.137. The molecule has 48 heavy (non-hydrogen) atoms. The molecule has 6 nitrogen and oxygen atoms in total. The van der Waals surface area contributed by atoms with E-state index in [9.17, 15) is 12.6 Å². The van der Waals surface area contributed by atoms with Gasteiger partial charge in [-0.1, -0.05) is 66.7 Å². The van der Waals surface area contributed by atoms with E-state index < -0.39 is 30.0 Å². The van der Waals surface area contributed by atoms with Gasteiger partial charge in [0.25, 0.3) is 0 Å². The lowest BCUT2D eigenvalue weighted by molar-refractivity contribution is 0.677. The number of thiol groups is 2. The van der Waals surface area contributed by atoms with Gasteiger partial charge < -0.3 is 9.44 Å². The Morgan fingerprint density at radius 1 is 0.521 bits per heavy atom. The highest BCUT2D eigenvalue weighted by atomic mass is 32.3. The van der Waals surface area contributed by atoms with Crippen molar-refractivity contribution in [3.63, 3.8) is 0 Å². The summed E-state index contributed by atoms with van der Waals surface area (Å²) in [4.78, 5) is 2.36. The van der Waals surface area contributed by atoms with Crippen LogP contribution in [0.4, 0.5) is 17.1 Å². The van der Waals surface area contributed by atoms with E-state index in [0.717, 1.165) is 81.7 Å². The monoisotopic (exact) mass is 687 g/mol. The summed E-state index contributed by atoms with van der Waals surface area (Å²) in [6, 6.07) is 40.2. The zero-order valence-corrected chi connectivity index (χ0v) is 29.1. The lowest BCUT2D eigenvalue weighted by Gasteiger charge is -2.32. The van der Waals surface area contributed by atoms with Gasteiger partial charge in [-0.05, 0) is 103 Å². The van der Waals surface area contributed by atoms with E-state index in [-0.39, 0.29) is 0 Å². The Hall–Kier alpha value is -4.83. The van der Waals surface area contributed by atoms with Gasteiger partial charge in [0, 0.05) is 56.4 Å². The van der Waals surface area contributed by atoms with Crippen molar-refractivity contribution in [1.82, 2.24) is 0 Å². The third-order valence-electron chi connectivity index (χ3n) is 9.62. The highest BCUT2D eigenvalue weighted by molar-refractivity contribution is 8.04. The van der Waals surface area contributed by atoms with Crippen LogP contribution in [0.5, 0.6) is 0 Å². The molecule has 0 aliphatic carbocycles. The van der Waals surface area contributed by atoms with E-state index >= 15 is 0 Å². The number of nitrogens with zero attached hydrogens (tertiary/aromatic N) is 1. The SMILES string of the molecule is CS1(=O)=Nc2c(-c3ccc4c(c3)-c3ccccc3[SH](C)(=O)N4)cc(-c3ccc4c(c3)-c3ccccc3[SH](C)(=O)N4)cc2-c2ccccc21. The van der Waals surface area contributed by atoms with Crippen LogP contribution in [0, 0.1) is 0 Å². The number of hydrogen-bond acceptors (Lipinski definition) is 4. The molecule has 1 atom stereocenters. The highest BCUT2D eigenvalue weighted by Crippen LogP contribution is 2.51. The molecule has 0 bridgehead atoms. The Labute approximate surface area is 282 Å². The minimum Gasteiger partial charge on any atom is -0.323 e. The molecule has 0 aromatic heterocycles. The number of fused-ring (bicyclic) bond motifs is 9. The minimum atomic E-state index is -2.79. The standard InChI is InChI=1S/C39H33N3O3S3/c1-46(43)36-13-7-4-10-27(36)31-20-24(16-18-34(31)40-46)26-22-30(39-33(23-26)29-12-6-9-15-38(29)48(3,45)42-39)25-17-19-35-32(21-25)28-11-5-8-14-37(28)47(2,44)41-35/h4-23,46-47H,1-3H3,(H,40,43)(H,41,44). The van der Waals surface area contributed by atoms with Crippen LogP contribution in [0.3, 0.4) is 0 Å². The van der Waals surface area contributed by atoms with Crippen LogP contribution in [-0.2, 0) is 30.0 Å². The first-order chi connectivity index (χ1) is 23.0. The predicted molar refractivity (Wildman–Crippen MR) is 203 cm³/mol. The molecule has 240 valence electrons. The van der Waals surface area contributed by atoms with Crippen molar-refractivity contribution in [1.29, 1.82) is 0 Å². The summed E-state index contributed by atoms with van der Waals surface area (Å²) in [5.74, 6) is 0. The number of nitrogens with one attached hydrogen (secondary N) is 2. The van der Waals surface area contributed by atoms with Crippen LogP contribution < -0.4 is 9.44 Å². The Bertz CT molecular complexity index is 2640. The zero-order valence-electron chi connectivity index (χ0n) is 26.5. The van der Waals surface area contributed by atoms with Crippen molar-refractivity contribution in [3.05, 3.63) is 121 Å². The molecule has 0 saturated heterocycles. The molecule has 3 heterocycles. The van der Waals surface area contributed by atoms with Crippen LogP contribution in [-0.4, -0.2) is 31.4 Å². The minimum absolute atomic E-state index is 0.694. The van der Waals surface area contributed by atoms with Crippen molar-refractivity contribution < 1.29 is 12.6 Å². The fourth-order valence-electron chi connectivity index (χ4n) is 7.37. The molecule has 6 aromatic rings. The molecule has 0 spiro atoms.